The Bertz CT molecular complexity index is 1390. The summed E-state index contributed by atoms with van der Waals surface area (Å²) >= 11 is 6.36. The Kier molecular flexibility index (Phi) is 6.11. The fourth-order valence-corrected chi connectivity index (χ4v) is 3.91. The number of hydrogen-bond acceptors (Lipinski definition) is 2. The minimum Gasteiger partial charge on any atom is -0.342 e. The molecule has 0 fully saturated rings. The number of nitriles is 1. The van der Waals surface area contributed by atoms with E-state index in [1.54, 1.807) is 6.08 Å². The number of rotatable bonds is 5. The summed E-state index contributed by atoms with van der Waals surface area (Å²) in [6, 6.07) is 23.4. The van der Waals surface area contributed by atoms with Crippen LogP contribution >= 0.6 is 11.6 Å². The van der Waals surface area contributed by atoms with Crippen molar-refractivity contribution in [2.24, 2.45) is 0 Å². The number of amides is 1. The van der Waals surface area contributed by atoms with Gasteiger partial charge in [0.1, 0.15) is 11.6 Å². The molecule has 3 aromatic carbocycles. The van der Waals surface area contributed by atoms with Gasteiger partial charge in [-0.05, 0) is 54.8 Å². The topological polar surface area (TPSA) is 57.8 Å². The van der Waals surface area contributed by atoms with Gasteiger partial charge in [0, 0.05) is 39.9 Å². The molecule has 158 valence electrons. The van der Waals surface area contributed by atoms with Crippen molar-refractivity contribution >= 4 is 40.2 Å². The molecule has 0 spiro atoms. The summed E-state index contributed by atoms with van der Waals surface area (Å²) < 4.78 is 2.08. The number of carbonyl (C=O) groups is 1. The van der Waals surface area contributed by atoms with Crippen molar-refractivity contribution in [1.82, 2.24) is 4.57 Å². The van der Waals surface area contributed by atoms with E-state index in [2.05, 4.69) is 16.0 Å². The van der Waals surface area contributed by atoms with Crippen molar-refractivity contribution in [2.45, 2.75) is 20.4 Å². The molecule has 1 N–H and O–H groups in total. The summed E-state index contributed by atoms with van der Waals surface area (Å²) in [6.45, 7) is 4.52. The molecule has 4 aromatic rings. The van der Waals surface area contributed by atoms with Crippen molar-refractivity contribution in [1.29, 1.82) is 5.26 Å². The van der Waals surface area contributed by atoms with Crippen LogP contribution in [-0.4, -0.2) is 10.5 Å². The van der Waals surface area contributed by atoms with Gasteiger partial charge in [-0.25, -0.2) is 0 Å². The lowest BCUT2D eigenvalue weighted by molar-refractivity contribution is -0.112. The Morgan fingerprint density at radius 1 is 1.06 bits per heavy atom. The Balaban J connectivity index is 1.70. The predicted octanol–water partition coefficient (Wildman–Crippen LogP) is 6.51. The normalized spacial score (nSPS) is 11.4. The first-order valence-corrected chi connectivity index (χ1v) is 10.7. The summed E-state index contributed by atoms with van der Waals surface area (Å²) in [6.07, 6.45) is 3.60. The minimum atomic E-state index is -0.427. The average Bonchev–Trinajstić information content (AvgIpc) is 3.14. The molecule has 0 aliphatic heterocycles. The summed E-state index contributed by atoms with van der Waals surface area (Å²) in [5, 5.41) is 14.2. The molecule has 0 aliphatic carbocycles. The molecular weight excluding hydrogens is 418 g/mol. The van der Waals surface area contributed by atoms with Crippen molar-refractivity contribution in [2.75, 3.05) is 5.32 Å². The van der Waals surface area contributed by atoms with Gasteiger partial charge in [0.05, 0.1) is 0 Å². The zero-order valence-electron chi connectivity index (χ0n) is 17.9. The lowest BCUT2D eigenvalue weighted by Crippen LogP contribution is -2.14. The summed E-state index contributed by atoms with van der Waals surface area (Å²) in [5.41, 5.74) is 5.62. The van der Waals surface area contributed by atoms with Crippen LogP contribution in [0.25, 0.3) is 17.0 Å². The lowest BCUT2D eigenvalue weighted by atomic mass is 10.1. The van der Waals surface area contributed by atoms with E-state index in [-0.39, 0.29) is 5.57 Å². The van der Waals surface area contributed by atoms with E-state index < -0.39 is 5.91 Å². The number of halogens is 1. The maximum atomic E-state index is 12.9. The Hall–Kier alpha value is -3.81. The van der Waals surface area contributed by atoms with Crippen molar-refractivity contribution < 1.29 is 4.79 Å². The number of para-hydroxylation sites is 1. The highest BCUT2D eigenvalue weighted by Gasteiger charge is 2.14. The number of hydrogen-bond donors (Lipinski definition) is 1. The molecule has 0 atom stereocenters. The van der Waals surface area contributed by atoms with E-state index in [0.717, 1.165) is 33.2 Å². The molecule has 0 bridgehead atoms. The maximum absolute atomic E-state index is 12.9. The number of nitrogens with one attached hydrogen (secondary N) is 1. The van der Waals surface area contributed by atoms with Crippen LogP contribution in [0.3, 0.4) is 0 Å². The van der Waals surface area contributed by atoms with E-state index in [4.69, 9.17) is 11.6 Å². The standard InChI is InChI=1S/C27H22ClN3O/c1-18-8-7-12-25(19(18)2)30-27(32)21(15-29)14-22-17-31(26-13-6-4-10-23(22)26)16-20-9-3-5-11-24(20)28/h3-14,17H,16H2,1-2H3,(H,30,32)/b21-14+. The minimum absolute atomic E-state index is 0.0477. The monoisotopic (exact) mass is 439 g/mol. The molecule has 1 amide bonds. The fourth-order valence-electron chi connectivity index (χ4n) is 3.71. The number of fused-ring (bicyclic) bond motifs is 1. The van der Waals surface area contributed by atoms with Crippen LogP contribution in [-0.2, 0) is 11.3 Å². The van der Waals surface area contributed by atoms with Crippen LogP contribution in [0.15, 0.2) is 78.5 Å². The first-order valence-electron chi connectivity index (χ1n) is 10.3. The van der Waals surface area contributed by atoms with E-state index in [9.17, 15) is 10.1 Å². The molecule has 0 aliphatic rings. The molecule has 4 nitrogen and oxygen atoms in total. The van der Waals surface area contributed by atoms with Crippen molar-refractivity contribution in [3.63, 3.8) is 0 Å². The van der Waals surface area contributed by atoms with Gasteiger partial charge in [0.25, 0.3) is 5.91 Å². The Morgan fingerprint density at radius 2 is 1.81 bits per heavy atom. The Morgan fingerprint density at radius 3 is 2.59 bits per heavy atom. The predicted molar refractivity (Wildman–Crippen MR) is 131 cm³/mol. The van der Waals surface area contributed by atoms with Gasteiger partial charge in [0.2, 0.25) is 0 Å². The first kappa shape index (κ1) is 21.4. The largest absolute Gasteiger partial charge is 0.342 e. The molecule has 0 unspecified atom stereocenters. The SMILES string of the molecule is Cc1cccc(NC(=O)/C(C#N)=C/c2cn(Cc3ccccc3Cl)c3ccccc23)c1C. The summed E-state index contributed by atoms with van der Waals surface area (Å²) in [4.78, 5) is 12.9. The third kappa shape index (κ3) is 4.30. The smallest absolute Gasteiger partial charge is 0.266 e. The molecular formula is C27H22ClN3O. The van der Waals surface area contributed by atoms with Crippen LogP contribution < -0.4 is 5.32 Å². The third-order valence-electron chi connectivity index (χ3n) is 5.64. The van der Waals surface area contributed by atoms with E-state index >= 15 is 0 Å². The van der Waals surface area contributed by atoms with Gasteiger partial charge >= 0.3 is 0 Å². The van der Waals surface area contributed by atoms with E-state index in [0.29, 0.717) is 17.3 Å². The Labute approximate surface area is 192 Å². The van der Waals surface area contributed by atoms with Crippen LogP contribution in [0.4, 0.5) is 5.69 Å². The van der Waals surface area contributed by atoms with Gasteiger partial charge in [0.15, 0.2) is 0 Å². The highest BCUT2D eigenvalue weighted by Crippen LogP contribution is 2.26. The van der Waals surface area contributed by atoms with Crippen LogP contribution in [0.2, 0.25) is 5.02 Å². The van der Waals surface area contributed by atoms with Gasteiger partial charge in [-0.3, -0.25) is 4.79 Å². The number of aromatic nitrogens is 1. The zero-order chi connectivity index (χ0) is 22.7. The number of aryl methyl sites for hydroxylation is 1. The molecule has 32 heavy (non-hydrogen) atoms. The van der Waals surface area contributed by atoms with Crippen LogP contribution in [0.1, 0.15) is 22.3 Å². The second-order valence-corrected chi connectivity index (χ2v) is 8.10. The lowest BCUT2D eigenvalue weighted by Gasteiger charge is -2.09. The fraction of sp³-hybridized carbons (Fsp3) is 0.111. The van der Waals surface area contributed by atoms with Gasteiger partial charge < -0.3 is 9.88 Å². The second-order valence-electron chi connectivity index (χ2n) is 7.69. The molecule has 0 radical (unpaired) electrons. The van der Waals surface area contributed by atoms with Gasteiger partial charge in [-0.1, -0.05) is 60.1 Å². The second kappa shape index (κ2) is 9.13. The molecule has 1 heterocycles. The third-order valence-corrected chi connectivity index (χ3v) is 6.00. The molecule has 5 heteroatoms. The van der Waals surface area contributed by atoms with Crippen LogP contribution in [0.5, 0.6) is 0 Å². The van der Waals surface area contributed by atoms with Crippen molar-refractivity contribution in [3.05, 3.63) is 106 Å². The quantitative estimate of drug-likeness (QED) is 0.285. The van der Waals surface area contributed by atoms with Crippen LogP contribution in [0, 0.1) is 25.2 Å². The molecule has 4 rings (SSSR count). The van der Waals surface area contributed by atoms with E-state index in [1.165, 1.54) is 0 Å². The van der Waals surface area contributed by atoms with Crippen molar-refractivity contribution in [3.8, 4) is 6.07 Å². The number of carbonyl (C=O) groups excluding carboxylic acids is 1. The molecule has 0 saturated heterocycles. The van der Waals surface area contributed by atoms with Gasteiger partial charge in [-0.2, -0.15) is 5.26 Å². The highest BCUT2D eigenvalue weighted by atomic mass is 35.5. The number of nitrogens with zero attached hydrogens (tertiary/aromatic N) is 2. The molecule has 1 aromatic heterocycles. The zero-order valence-corrected chi connectivity index (χ0v) is 18.6. The average molecular weight is 440 g/mol. The molecule has 0 saturated carbocycles. The maximum Gasteiger partial charge on any atom is 0.266 e. The van der Waals surface area contributed by atoms with Gasteiger partial charge in [-0.15, -0.1) is 0 Å². The summed E-state index contributed by atoms with van der Waals surface area (Å²) in [5.74, 6) is -0.427. The summed E-state index contributed by atoms with van der Waals surface area (Å²) in [7, 11) is 0. The van der Waals surface area contributed by atoms with E-state index in [1.807, 2.05) is 86.8 Å². The number of anilines is 1. The highest BCUT2D eigenvalue weighted by molar-refractivity contribution is 6.31. The number of benzene rings is 3. The first-order chi connectivity index (χ1) is 15.5.